The molecule has 9 heteroatoms. The standard InChI is InChI=1S/C14H10ClN2O5P/c15-8-5-6-12(22-23(19,20)21)10(7-8)13-16-11-4-2-1-3-9(11)14(18)17-13/h1-7H,(H,16,17,18)(H2,19,20,21). The number of aromatic amines is 1. The predicted molar refractivity (Wildman–Crippen MR) is 85.5 cm³/mol. The molecule has 0 aliphatic heterocycles. The Labute approximate surface area is 134 Å². The Hall–Kier alpha value is -2.18. The third-order valence-electron chi connectivity index (χ3n) is 3.03. The number of H-pyrrole nitrogens is 1. The van der Waals surface area contributed by atoms with E-state index in [0.717, 1.165) is 0 Å². The molecular weight excluding hydrogens is 343 g/mol. The van der Waals surface area contributed by atoms with E-state index in [0.29, 0.717) is 15.9 Å². The smallest absolute Gasteiger partial charge is 0.403 e. The fraction of sp³-hybridized carbons (Fsp3) is 0. The van der Waals surface area contributed by atoms with Gasteiger partial charge in [0.15, 0.2) is 0 Å². The van der Waals surface area contributed by atoms with Crippen molar-refractivity contribution in [3.8, 4) is 17.1 Å². The zero-order chi connectivity index (χ0) is 16.6. The highest BCUT2D eigenvalue weighted by Crippen LogP contribution is 2.42. The van der Waals surface area contributed by atoms with Crippen LogP contribution >= 0.6 is 19.4 Å². The van der Waals surface area contributed by atoms with Gasteiger partial charge in [-0.25, -0.2) is 9.55 Å². The monoisotopic (exact) mass is 352 g/mol. The lowest BCUT2D eigenvalue weighted by atomic mass is 10.1. The largest absolute Gasteiger partial charge is 0.524 e. The van der Waals surface area contributed by atoms with Gasteiger partial charge in [0.25, 0.3) is 5.56 Å². The van der Waals surface area contributed by atoms with Crippen LogP contribution in [0, 0.1) is 0 Å². The average molecular weight is 353 g/mol. The van der Waals surface area contributed by atoms with Gasteiger partial charge in [-0.15, -0.1) is 0 Å². The molecule has 0 bridgehead atoms. The van der Waals surface area contributed by atoms with Gasteiger partial charge in [0, 0.05) is 5.02 Å². The fourth-order valence-electron chi connectivity index (χ4n) is 2.11. The zero-order valence-electron chi connectivity index (χ0n) is 11.4. The first-order chi connectivity index (χ1) is 10.8. The summed E-state index contributed by atoms with van der Waals surface area (Å²) < 4.78 is 15.7. The molecule has 0 saturated heterocycles. The second kappa shape index (κ2) is 5.79. The molecule has 0 aliphatic carbocycles. The quantitative estimate of drug-likeness (QED) is 0.625. The molecule has 118 valence electrons. The van der Waals surface area contributed by atoms with Crippen LogP contribution in [0.2, 0.25) is 5.02 Å². The van der Waals surface area contributed by atoms with Gasteiger partial charge in [-0.05, 0) is 30.3 Å². The summed E-state index contributed by atoms with van der Waals surface area (Å²) in [5, 5.41) is 0.699. The molecule has 0 radical (unpaired) electrons. The van der Waals surface area contributed by atoms with Crippen molar-refractivity contribution in [1.29, 1.82) is 0 Å². The zero-order valence-corrected chi connectivity index (χ0v) is 13.1. The second-order valence-electron chi connectivity index (χ2n) is 4.65. The Kier molecular flexibility index (Phi) is 3.95. The summed E-state index contributed by atoms with van der Waals surface area (Å²) >= 11 is 5.93. The first-order valence-corrected chi connectivity index (χ1v) is 8.28. The third kappa shape index (κ3) is 3.43. The topological polar surface area (TPSA) is 113 Å². The highest BCUT2D eigenvalue weighted by molar-refractivity contribution is 7.46. The predicted octanol–water partition coefficient (Wildman–Crippen LogP) is 2.72. The summed E-state index contributed by atoms with van der Waals surface area (Å²) in [5.74, 6) is -0.0409. The van der Waals surface area contributed by atoms with Crippen molar-refractivity contribution < 1.29 is 18.9 Å². The Morgan fingerprint density at radius 3 is 2.65 bits per heavy atom. The summed E-state index contributed by atoms with van der Waals surface area (Å²) in [5.41, 5.74) is 0.227. The number of phosphoric acid groups is 1. The number of hydrogen-bond acceptors (Lipinski definition) is 4. The molecule has 3 rings (SSSR count). The van der Waals surface area contributed by atoms with Crippen molar-refractivity contribution in [2.45, 2.75) is 0 Å². The van der Waals surface area contributed by atoms with Crippen LogP contribution in [0.5, 0.6) is 5.75 Å². The lowest BCUT2D eigenvalue weighted by Crippen LogP contribution is -2.09. The van der Waals surface area contributed by atoms with Crippen molar-refractivity contribution >= 4 is 30.3 Å². The van der Waals surface area contributed by atoms with Crippen LogP contribution in [0.1, 0.15) is 0 Å². The summed E-state index contributed by atoms with van der Waals surface area (Å²) in [4.78, 5) is 37.0. The maximum absolute atomic E-state index is 12.1. The van der Waals surface area contributed by atoms with E-state index >= 15 is 0 Å². The van der Waals surface area contributed by atoms with Gasteiger partial charge >= 0.3 is 7.82 Å². The van der Waals surface area contributed by atoms with Crippen molar-refractivity contribution in [2.75, 3.05) is 0 Å². The molecular formula is C14H10ClN2O5P. The van der Waals surface area contributed by atoms with Crippen LogP contribution in [0.4, 0.5) is 0 Å². The number of rotatable bonds is 3. The number of benzene rings is 2. The minimum absolute atomic E-state index is 0.0969. The van der Waals surface area contributed by atoms with Crippen LogP contribution in [-0.2, 0) is 4.57 Å². The number of halogens is 1. The maximum Gasteiger partial charge on any atom is 0.524 e. The maximum atomic E-state index is 12.1. The first kappa shape index (κ1) is 15.7. The summed E-state index contributed by atoms with van der Waals surface area (Å²) in [6, 6.07) is 10.8. The molecule has 7 nitrogen and oxygen atoms in total. The Morgan fingerprint density at radius 2 is 1.91 bits per heavy atom. The number of hydrogen-bond donors (Lipinski definition) is 3. The second-order valence-corrected chi connectivity index (χ2v) is 6.25. The minimum Gasteiger partial charge on any atom is -0.403 e. The molecule has 0 fully saturated rings. The van der Waals surface area contributed by atoms with Crippen LogP contribution < -0.4 is 10.1 Å². The van der Waals surface area contributed by atoms with E-state index in [1.165, 1.54) is 18.2 Å². The Morgan fingerprint density at radius 1 is 1.17 bits per heavy atom. The Balaban J connectivity index is 2.24. The summed E-state index contributed by atoms with van der Waals surface area (Å²) in [7, 11) is -4.77. The molecule has 0 atom stereocenters. The number of aromatic nitrogens is 2. The molecule has 1 heterocycles. The molecule has 0 unspecified atom stereocenters. The van der Waals surface area contributed by atoms with E-state index in [1.54, 1.807) is 24.3 Å². The van der Waals surface area contributed by atoms with Gasteiger partial charge in [-0.1, -0.05) is 23.7 Å². The Bertz CT molecular complexity index is 998. The molecule has 3 N–H and O–H groups in total. The molecule has 3 aromatic rings. The number of nitrogens with one attached hydrogen (secondary N) is 1. The van der Waals surface area contributed by atoms with E-state index in [1.807, 2.05) is 0 Å². The molecule has 2 aromatic carbocycles. The normalized spacial score (nSPS) is 11.6. The fourth-order valence-corrected chi connectivity index (χ4v) is 2.70. The van der Waals surface area contributed by atoms with Crippen LogP contribution in [0.15, 0.2) is 47.3 Å². The molecule has 0 saturated carbocycles. The molecule has 0 aliphatic rings. The van der Waals surface area contributed by atoms with Gasteiger partial charge in [-0.3, -0.25) is 14.6 Å². The summed E-state index contributed by atoms with van der Waals surface area (Å²) in [6.07, 6.45) is 0. The number of para-hydroxylation sites is 1. The minimum atomic E-state index is -4.77. The van der Waals surface area contributed by atoms with Crippen LogP contribution in [-0.4, -0.2) is 19.8 Å². The molecule has 0 spiro atoms. The van der Waals surface area contributed by atoms with Crippen molar-refractivity contribution in [2.24, 2.45) is 0 Å². The van der Waals surface area contributed by atoms with Crippen molar-refractivity contribution in [3.63, 3.8) is 0 Å². The van der Waals surface area contributed by atoms with Crippen molar-refractivity contribution in [1.82, 2.24) is 9.97 Å². The van der Waals surface area contributed by atoms with Gasteiger partial charge in [-0.2, -0.15) is 0 Å². The van der Waals surface area contributed by atoms with Crippen LogP contribution in [0.25, 0.3) is 22.3 Å². The number of fused-ring (bicyclic) bond motifs is 1. The van der Waals surface area contributed by atoms with E-state index in [2.05, 4.69) is 14.5 Å². The third-order valence-corrected chi connectivity index (χ3v) is 3.70. The van der Waals surface area contributed by atoms with Gasteiger partial charge in [0.05, 0.1) is 16.5 Å². The lowest BCUT2D eigenvalue weighted by Gasteiger charge is -2.12. The van der Waals surface area contributed by atoms with E-state index in [9.17, 15) is 9.36 Å². The van der Waals surface area contributed by atoms with Crippen LogP contribution in [0.3, 0.4) is 0 Å². The van der Waals surface area contributed by atoms with Gasteiger partial charge < -0.3 is 9.51 Å². The number of nitrogens with zero attached hydrogens (tertiary/aromatic N) is 1. The van der Waals surface area contributed by atoms with E-state index in [4.69, 9.17) is 21.4 Å². The van der Waals surface area contributed by atoms with E-state index in [-0.39, 0.29) is 22.7 Å². The SMILES string of the molecule is O=c1[nH]c(-c2cc(Cl)ccc2OP(=O)(O)O)nc2ccccc12. The van der Waals surface area contributed by atoms with E-state index < -0.39 is 7.82 Å². The molecule has 23 heavy (non-hydrogen) atoms. The number of phosphoric ester groups is 1. The average Bonchev–Trinajstić information content (AvgIpc) is 2.48. The highest BCUT2D eigenvalue weighted by atomic mass is 35.5. The lowest BCUT2D eigenvalue weighted by molar-refractivity contribution is 0.283. The summed E-state index contributed by atoms with van der Waals surface area (Å²) in [6.45, 7) is 0. The van der Waals surface area contributed by atoms with Crippen molar-refractivity contribution in [3.05, 3.63) is 57.8 Å². The molecule has 0 amide bonds. The van der Waals surface area contributed by atoms with Gasteiger partial charge in [0.1, 0.15) is 11.6 Å². The highest BCUT2D eigenvalue weighted by Gasteiger charge is 2.20. The van der Waals surface area contributed by atoms with Gasteiger partial charge in [0.2, 0.25) is 0 Å². The molecule has 1 aromatic heterocycles. The first-order valence-electron chi connectivity index (χ1n) is 6.37.